The summed E-state index contributed by atoms with van der Waals surface area (Å²) in [6.45, 7) is 5.33. The Balaban J connectivity index is 1.85. The Morgan fingerprint density at radius 3 is 2.67 bits per heavy atom. The fraction of sp³-hybridized carbons (Fsp3) is 0.350. The van der Waals surface area contributed by atoms with Gasteiger partial charge in [-0.15, -0.1) is 0 Å². The minimum atomic E-state index is -0.203. The van der Waals surface area contributed by atoms with Crippen molar-refractivity contribution < 1.29 is 19.0 Å². The number of anilines is 2. The number of methoxy groups -OCH3 is 1. The van der Waals surface area contributed by atoms with Gasteiger partial charge in [-0.3, -0.25) is 4.79 Å². The molecule has 1 aliphatic rings. The number of carbonyl (C=O) groups excluding carboxylic acids is 1. The van der Waals surface area contributed by atoms with Crippen LogP contribution in [0.5, 0.6) is 11.5 Å². The predicted molar refractivity (Wildman–Crippen MR) is 109 cm³/mol. The first-order chi connectivity index (χ1) is 13.1. The van der Waals surface area contributed by atoms with Gasteiger partial charge in [0, 0.05) is 23.1 Å². The van der Waals surface area contributed by atoms with Crippen molar-refractivity contribution in [2.24, 2.45) is 0 Å². The van der Waals surface area contributed by atoms with Crippen LogP contribution in [0.1, 0.15) is 17.3 Å². The summed E-state index contributed by atoms with van der Waals surface area (Å²) in [5.41, 5.74) is 2.24. The summed E-state index contributed by atoms with van der Waals surface area (Å²) in [7, 11) is 1.58. The molecule has 0 saturated carbocycles. The molecule has 144 valence electrons. The number of nitrogens with zero attached hydrogens (tertiary/aromatic N) is 1. The molecule has 3 rings (SSSR count). The first-order valence-corrected chi connectivity index (χ1v) is 9.66. The van der Waals surface area contributed by atoms with E-state index in [1.165, 1.54) is 0 Å². The third kappa shape index (κ3) is 4.73. The van der Waals surface area contributed by atoms with Crippen LogP contribution >= 0.6 is 15.9 Å². The van der Waals surface area contributed by atoms with Crippen molar-refractivity contribution in [3.8, 4) is 11.5 Å². The number of nitrogens with one attached hydrogen (secondary N) is 1. The minimum absolute atomic E-state index is 0.203. The van der Waals surface area contributed by atoms with Crippen molar-refractivity contribution in [2.45, 2.75) is 6.92 Å². The minimum Gasteiger partial charge on any atom is -0.493 e. The van der Waals surface area contributed by atoms with Gasteiger partial charge in [-0.05, 0) is 43.3 Å². The molecule has 1 fully saturated rings. The van der Waals surface area contributed by atoms with Crippen LogP contribution in [-0.2, 0) is 4.74 Å². The zero-order valence-electron chi connectivity index (χ0n) is 15.5. The number of hydrogen-bond acceptors (Lipinski definition) is 5. The number of ether oxygens (including phenoxy) is 3. The Morgan fingerprint density at radius 1 is 1.19 bits per heavy atom. The largest absolute Gasteiger partial charge is 0.493 e. The van der Waals surface area contributed by atoms with Crippen LogP contribution in [0.3, 0.4) is 0 Å². The average molecular weight is 435 g/mol. The summed E-state index contributed by atoms with van der Waals surface area (Å²) in [6.07, 6.45) is 0. The molecule has 1 aliphatic heterocycles. The van der Waals surface area contributed by atoms with E-state index < -0.39 is 0 Å². The van der Waals surface area contributed by atoms with Gasteiger partial charge >= 0.3 is 0 Å². The fourth-order valence-corrected chi connectivity index (χ4v) is 3.33. The van der Waals surface area contributed by atoms with Gasteiger partial charge in [-0.2, -0.15) is 0 Å². The highest BCUT2D eigenvalue weighted by Crippen LogP contribution is 2.32. The molecule has 1 saturated heterocycles. The van der Waals surface area contributed by atoms with Gasteiger partial charge in [-0.25, -0.2) is 0 Å². The van der Waals surface area contributed by atoms with Gasteiger partial charge in [0.25, 0.3) is 5.91 Å². The van der Waals surface area contributed by atoms with E-state index in [-0.39, 0.29) is 5.91 Å². The molecule has 0 atom stereocenters. The molecular formula is C20H23BrN2O4. The van der Waals surface area contributed by atoms with Crippen molar-refractivity contribution in [3.63, 3.8) is 0 Å². The van der Waals surface area contributed by atoms with E-state index in [0.29, 0.717) is 36.9 Å². The maximum absolute atomic E-state index is 12.9. The van der Waals surface area contributed by atoms with E-state index >= 15 is 0 Å². The number of benzene rings is 2. The summed E-state index contributed by atoms with van der Waals surface area (Å²) in [5, 5.41) is 3.02. The predicted octanol–water partition coefficient (Wildman–Crippen LogP) is 3.95. The lowest BCUT2D eigenvalue weighted by Crippen LogP contribution is -2.36. The monoisotopic (exact) mass is 434 g/mol. The molecule has 1 N–H and O–H groups in total. The summed E-state index contributed by atoms with van der Waals surface area (Å²) >= 11 is 3.49. The molecule has 0 spiro atoms. The zero-order valence-corrected chi connectivity index (χ0v) is 17.0. The van der Waals surface area contributed by atoms with Crippen LogP contribution in [0.15, 0.2) is 40.9 Å². The lowest BCUT2D eigenvalue weighted by molar-refractivity contribution is 0.102. The third-order valence-corrected chi connectivity index (χ3v) is 4.78. The molecule has 7 heteroatoms. The number of hydrogen-bond donors (Lipinski definition) is 1. The van der Waals surface area contributed by atoms with Crippen molar-refractivity contribution in [1.29, 1.82) is 0 Å². The van der Waals surface area contributed by atoms with Crippen molar-refractivity contribution in [2.75, 3.05) is 50.2 Å². The van der Waals surface area contributed by atoms with Crippen LogP contribution < -0.4 is 19.7 Å². The number of rotatable bonds is 6. The van der Waals surface area contributed by atoms with Gasteiger partial charge in [0.15, 0.2) is 11.5 Å². The molecule has 0 aliphatic carbocycles. The van der Waals surface area contributed by atoms with Crippen LogP contribution in [0.4, 0.5) is 11.4 Å². The van der Waals surface area contributed by atoms with Crippen molar-refractivity contribution >= 4 is 33.2 Å². The Bertz CT molecular complexity index is 807. The maximum atomic E-state index is 12.9. The van der Waals surface area contributed by atoms with Gasteiger partial charge in [0.05, 0.1) is 38.3 Å². The topological polar surface area (TPSA) is 60.0 Å². The molecule has 0 aromatic heterocycles. The molecule has 1 heterocycles. The van der Waals surface area contributed by atoms with Crippen molar-refractivity contribution in [1.82, 2.24) is 0 Å². The first-order valence-electron chi connectivity index (χ1n) is 8.86. The van der Waals surface area contributed by atoms with E-state index in [2.05, 4.69) is 26.1 Å². The summed E-state index contributed by atoms with van der Waals surface area (Å²) in [6, 6.07) is 11.1. The molecule has 0 radical (unpaired) electrons. The summed E-state index contributed by atoms with van der Waals surface area (Å²) in [4.78, 5) is 15.1. The Kier molecular flexibility index (Phi) is 6.58. The highest BCUT2D eigenvalue weighted by molar-refractivity contribution is 9.10. The normalized spacial score (nSPS) is 14.0. The van der Waals surface area contributed by atoms with Gasteiger partial charge < -0.3 is 24.4 Å². The van der Waals surface area contributed by atoms with E-state index in [1.807, 2.05) is 25.1 Å². The standard InChI is InChI=1S/C20H23BrN2O4/c1-3-27-19-12-14(4-7-18(19)25-2)20(24)22-16-13-15(21)5-6-17(16)23-8-10-26-11-9-23/h4-7,12-13H,3,8-11H2,1-2H3,(H,22,24). The average Bonchev–Trinajstić information content (AvgIpc) is 2.69. The molecule has 6 nitrogen and oxygen atoms in total. The van der Waals surface area contributed by atoms with Gasteiger partial charge in [-0.1, -0.05) is 15.9 Å². The van der Waals surface area contributed by atoms with Crippen LogP contribution in [0.2, 0.25) is 0 Å². The lowest BCUT2D eigenvalue weighted by Gasteiger charge is -2.30. The second-order valence-electron chi connectivity index (χ2n) is 6.01. The SMILES string of the molecule is CCOc1cc(C(=O)Nc2cc(Br)ccc2N2CCOCC2)ccc1OC. The maximum Gasteiger partial charge on any atom is 0.255 e. The summed E-state index contributed by atoms with van der Waals surface area (Å²) in [5.74, 6) is 0.950. The lowest BCUT2D eigenvalue weighted by atomic mass is 10.1. The molecule has 27 heavy (non-hydrogen) atoms. The molecule has 0 unspecified atom stereocenters. The Morgan fingerprint density at radius 2 is 1.96 bits per heavy atom. The molecular weight excluding hydrogens is 412 g/mol. The molecule has 2 aromatic rings. The van der Waals surface area contributed by atoms with Gasteiger partial charge in [0.2, 0.25) is 0 Å². The number of halogens is 1. The second-order valence-corrected chi connectivity index (χ2v) is 6.93. The van der Waals surface area contributed by atoms with Crippen LogP contribution in [0, 0.1) is 0 Å². The van der Waals surface area contributed by atoms with E-state index in [4.69, 9.17) is 14.2 Å². The quantitative estimate of drug-likeness (QED) is 0.745. The number of amides is 1. The highest BCUT2D eigenvalue weighted by Gasteiger charge is 2.18. The van der Waals surface area contributed by atoms with Crippen LogP contribution in [0.25, 0.3) is 0 Å². The highest BCUT2D eigenvalue weighted by atomic mass is 79.9. The molecule has 0 bridgehead atoms. The fourth-order valence-electron chi connectivity index (χ4n) is 2.97. The second kappa shape index (κ2) is 9.10. The number of morpholine rings is 1. The van der Waals surface area contributed by atoms with E-state index in [1.54, 1.807) is 25.3 Å². The van der Waals surface area contributed by atoms with E-state index in [0.717, 1.165) is 28.9 Å². The molecule has 2 aromatic carbocycles. The Hall–Kier alpha value is -2.25. The zero-order chi connectivity index (χ0) is 19.2. The molecule has 1 amide bonds. The van der Waals surface area contributed by atoms with Crippen molar-refractivity contribution in [3.05, 3.63) is 46.4 Å². The Labute approximate surface area is 167 Å². The third-order valence-electron chi connectivity index (χ3n) is 4.28. The first kappa shape index (κ1) is 19.5. The van der Waals surface area contributed by atoms with Gasteiger partial charge in [0.1, 0.15) is 0 Å². The smallest absolute Gasteiger partial charge is 0.255 e. The summed E-state index contributed by atoms with van der Waals surface area (Å²) < 4.78 is 17.2. The number of carbonyl (C=O) groups is 1. The van der Waals surface area contributed by atoms with E-state index in [9.17, 15) is 4.79 Å². The van der Waals surface area contributed by atoms with Crippen LogP contribution in [-0.4, -0.2) is 45.9 Å².